The Labute approximate surface area is 112 Å². The molecule has 0 spiro atoms. The van der Waals surface area contributed by atoms with E-state index in [9.17, 15) is 0 Å². The Balaban J connectivity index is 2.81. The third-order valence-corrected chi connectivity index (χ3v) is 3.51. The first-order valence-corrected chi connectivity index (χ1v) is 6.80. The summed E-state index contributed by atoms with van der Waals surface area (Å²) in [6, 6.07) is 0.303. The maximum atomic E-state index is 5.19. The third kappa shape index (κ3) is 3.79. The fourth-order valence-corrected chi connectivity index (χ4v) is 2.66. The van der Waals surface area contributed by atoms with Gasteiger partial charge in [-0.1, -0.05) is 6.92 Å². The van der Waals surface area contributed by atoms with E-state index in [-0.39, 0.29) is 0 Å². The van der Waals surface area contributed by atoms with E-state index in [1.807, 2.05) is 17.9 Å². The number of hydrogen-bond acceptors (Lipinski definition) is 3. The molecule has 5 heteroatoms. The Kier molecular flexibility index (Phi) is 6.16. The van der Waals surface area contributed by atoms with Crippen molar-refractivity contribution in [2.75, 3.05) is 20.8 Å². The molecule has 1 aromatic heterocycles. The summed E-state index contributed by atoms with van der Waals surface area (Å²) in [6.07, 6.45) is 2.90. The second kappa shape index (κ2) is 7.13. The van der Waals surface area contributed by atoms with E-state index in [4.69, 9.17) is 4.74 Å². The molecule has 1 heterocycles. The molecule has 1 N–H and O–H groups in total. The second-order valence-corrected chi connectivity index (χ2v) is 5.19. The first kappa shape index (κ1) is 14.7. The van der Waals surface area contributed by atoms with Crippen LogP contribution in [0, 0.1) is 5.92 Å². The first-order chi connectivity index (χ1) is 8.13. The van der Waals surface area contributed by atoms with Gasteiger partial charge in [0, 0.05) is 20.3 Å². The van der Waals surface area contributed by atoms with Crippen molar-refractivity contribution >= 4 is 15.9 Å². The van der Waals surface area contributed by atoms with E-state index in [2.05, 4.69) is 40.2 Å². The van der Waals surface area contributed by atoms with E-state index in [1.165, 1.54) is 5.69 Å². The minimum Gasteiger partial charge on any atom is -0.384 e. The fraction of sp³-hybridized carbons (Fsp3) is 0.750. The minimum absolute atomic E-state index is 0.303. The molecule has 4 nitrogen and oxygen atoms in total. The van der Waals surface area contributed by atoms with E-state index >= 15 is 0 Å². The average Bonchev–Trinajstić information content (AvgIpc) is 2.68. The molecule has 2 atom stereocenters. The molecular formula is C12H22BrN3O. The van der Waals surface area contributed by atoms with Gasteiger partial charge in [-0.25, -0.2) is 0 Å². The summed E-state index contributed by atoms with van der Waals surface area (Å²) in [5.74, 6) is 0.518. The van der Waals surface area contributed by atoms with Gasteiger partial charge in [0.25, 0.3) is 0 Å². The first-order valence-electron chi connectivity index (χ1n) is 6.01. The third-order valence-electron chi connectivity index (χ3n) is 2.90. The Hall–Kier alpha value is -0.390. The lowest BCUT2D eigenvalue weighted by molar-refractivity contribution is 0.149. The number of methoxy groups -OCH3 is 1. The zero-order valence-corrected chi connectivity index (χ0v) is 12.6. The van der Waals surface area contributed by atoms with Gasteiger partial charge in [-0.3, -0.25) is 4.68 Å². The summed E-state index contributed by atoms with van der Waals surface area (Å²) in [4.78, 5) is 0. The largest absolute Gasteiger partial charge is 0.384 e. The molecule has 1 rings (SSSR count). The van der Waals surface area contributed by atoms with Crippen LogP contribution in [-0.4, -0.2) is 30.5 Å². The van der Waals surface area contributed by atoms with Crippen molar-refractivity contribution < 1.29 is 4.74 Å². The van der Waals surface area contributed by atoms with Crippen molar-refractivity contribution in [3.8, 4) is 0 Å². The summed E-state index contributed by atoms with van der Waals surface area (Å²) in [5, 5.41) is 7.72. The van der Waals surface area contributed by atoms with Gasteiger partial charge in [0.1, 0.15) is 0 Å². The van der Waals surface area contributed by atoms with Crippen LogP contribution >= 0.6 is 15.9 Å². The second-order valence-electron chi connectivity index (χ2n) is 4.33. The molecule has 0 aromatic carbocycles. The predicted octanol–water partition coefficient (Wildman–Crippen LogP) is 2.60. The molecule has 0 saturated carbocycles. The van der Waals surface area contributed by atoms with Crippen LogP contribution in [0.4, 0.5) is 0 Å². The van der Waals surface area contributed by atoms with E-state index in [0.717, 1.165) is 24.0 Å². The van der Waals surface area contributed by atoms with Gasteiger partial charge in [0.2, 0.25) is 0 Å². The summed E-state index contributed by atoms with van der Waals surface area (Å²) >= 11 is 3.57. The van der Waals surface area contributed by atoms with Crippen molar-refractivity contribution in [3.05, 3.63) is 16.4 Å². The SMILES string of the molecule is CCn1ncc(Br)c1C(CC(C)COC)NC. The molecule has 0 amide bonds. The zero-order valence-electron chi connectivity index (χ0n) is 11.0. The lowest BCUT2D eigenvalue weighted by Crippen LogP contribution is -2.24. The lowest BCUT2D eigenvalue weighted by Gasteiger charge is -2.21. The number of hydrogen-bond donors (Lipinski definition) is 1. The standard InChI is InChI=1S/C12H22BrN3O/c1-5-16-12(10(13)7-15-16)11(14-3)6-9(2)8-17-4/h7,9,11,14H,5-6,8H2,1-4H3. The number of ether oxygens (including phenoxy) is 1. The normalized spacial score (nSPS) is 14.9. The monoisotopic (exact) mass is 303 g/mol. The fourth-order valence-electron chi connectivity index (χ4n) is 2.09. The molecule has 0 bridgehead atoms. The molecule has 0 saturated heterocycles. The predicted molar refractivity (Wildman–Crippen MR) is 73.1 cm³/mol. The van der Waals surface area contributed by atoms with E-state index < -0.39 is 0 Å². The van der Waals surface area contributed by atoms with Crippen LogP contribution in [0.25, 0.3) is 0 Å². The Bertz CT molecular complexity index is 340. The topological polar surface area (TPSA) is 39.1 Å². The highest BCUT2D eigenvalue weighted by Gasteiger charge is 2.20. The molecule has 98 valence electrons. The van der Waals surface area contributed by atoms with Crippen molar-refractivity contribution in [1.82, 2.24) is 15.1 Å². The van der Waals surface area contributed by atoms with Crippen molar-refractivity contribution in [2.24, 2.45) is 5.92 Å². The summed E-state index contributed by atoms with van der Waals surface area (Å²) in [7, 11) is 3.74. The molecule has 2 unspecified atom stereocenters. The van der Waals surface area contributed by atoms with Gasteiger partial charge in [-0.05, 0) is 42.2 Å². The van der Waals surface area contributed by atoms with Crippen LogP contribution in [0.2, 0.25) is 0 Å². The summed E-state index contributed by atoms with van der Waals surface area (Å²) in [5.41, 5.74) is 1.22. The van der Waals surface area contributed by atoms with Crippen molar-refractivity contribution in [2.45, 2.75) is 32.9 Å². The highest BCUT2D eigenvalue weighted by molar-refractivity contribution is 9.10. The van der Waals surface area contributed by atoms with Crippen LogP contribution in [0.15, 0.2) is 10.7 Å². The van der Waals surface area contributed by atoms with Gasteiger partial charge < -0.3 is 10.1 Å². The van der Waals surface area contributed by atoms with Gasteiger partial charge in [0.05, 0.1) is 22.4 Å². The van der Waals surface area contributed by atoms with Gasteiger partial charge in [-0.15, -0.1) is 0 Å². The Morgan fingerprint density at radius 3 is 2.82 bits per heavy atom. The smallest absolute Gasteiger partial charge is 0.0695 e. The average molecular weight is 304 g/mol. The maximum absolute atomic E-state index is 5.19. The van der Waals surface area contributed by atoms with Gasteiger partial charge in [0.15, 0.2) is 0 Å². The number of rotatable bonds is 7. The molecule has 0 aliphatic carbocycles. The van der Waals surface area contributed by atoms with Crippen LogP contribution in [-0.2, 0) is 11.3 Å². The van der Waals surface area contributed by atoms with Crippen LogP contribution < -0.4 is 5.32 Å². The number of aromatic nitrogens is 2. The Morgan fingerprint density at radius 1 is 1.59 bits per heavy atom. The van der Waals surface area contributed by atoms with Crippen molar-refractivity contribution in [3.63, 3.8) is 0 Å². The number of nitrogens with zero attached hydrogens (tertiary/aromatic N) is 2. The summed E-state index contributed by atoms with van der Waals surface area (Å²) < 4.78 is 8.30. The van der Waals surface area contributed by atoms with Crippen LogP contribution in [0.3, 0.4) is 0 Å². The van der Waals surface area contributed by atoms with Gasteiger partial charge in [-0.2, -0.15) is 5.10 Å². The zero-order chi connectivity index (χ0) is 12.8. The lowest BCUT2D eigenvalue weighted by atomic mass is 10.00. The van der Waals surface area contributed by atoms with Gasteiger partial charge >= 0.3 is 0 Å². The molecule has 1 aromatic rings. The number of aryl methyl sites for hydroxylation is 1. The molecule has 0 aliphatic heterocycles. The molecule has 17 heavy (non-hydrogen) atoms. The quantitative estimate of drug-likeness (QED) is 0.841. The highest BCUT2D eigenvalue weighted by Crippen LogP contribution is 2.27. The highest BCUT2D eigenvalue weighted by atomic mass is 79.9. The van der Waals surface area contributed by atoms with Crippen molar-refractivity contribution in [1.29, 1.82) is 0 Å². The number of halogens is 1. The van der Waals surface area contributed by atoms with E-state index in [0.29, 0.717) is 12.0 Å². The van der Waals surface area contributed by atoms with E-state index in [1.54, 1.807) is 7.11 Å². The minimum atomic E-state index is 0.303. The molecule has 0 fully saturated rings. The van der Waals surface area contributed by atoms with Crippen LogP contribution in [0.5, 0.6) is 0 Å². The molecule has 0 radical (unpaired) electrons. The molecular weight excluding hydrogens is 282 g/mol. The summed E-state index contributed by atoms with van der Waals surface area (Å²) in [6.45, 7) is 5.98. The Morgan fingerprint density at radius 2 is 2.29 bits per heavy atom. The molecule has 0 aliphatic rings. The number of nitrogens with one attached hydrogen (secondary N) is 1. The van der Waals surface area contributed by atoms with Crippen LogP contribution in [0.1, 0.15) is 32.0 Å². The maximum Gasteiger partial charge on any atom is 0.0695 e.